The van der Waals surface area contributed by atoms with Gasteiger partial charge in [-0.05, 0) is 28.8 Å². The Bertz CT molecular complexity index is 989. The van der Waals surface area contributed by atoms with Crippen LogP contribution in [0, 0.1) is 5.92 Å². The number of rotatable bonds is 8. The predicted molar refractivity (Wildman–Crippen MR) is 124 cm³/mol. The van der Waals surface area contributed by atoms with E-state index in [1.165, 1.54) is 0 Å². The van der Waals surface area contributed by atoms with Gasteiger partial charge in [-0.25, -0.2) is 0 Å². The molecule has 3 aromatic rings. The summed E-state index contributed by atoms with van der Waals surface area (Å²) >= 11 is 5.96. The summed E-state index contributed by atoms with van der Waals surface area (Å²) in [5.74, 6) is -0.524. The topological polar surface area (TPSA) is 49.4 Å². The summed E-state index contributed by atoms with van der Waals surface area (Å²) in [6.07, 6.45) is 0. The summed E-state index contributed by atoms with van der Waals surface area (Å²) in [6.45, 7) is 4.42. The zero-order valence-electron chi connectivity index (χ0n) is 17.8. The lowest BCUT2D eigenvalue weighted by atomic mass is 10.0. The molecular formula is C26H27ClN2O2. The molecule has 0 aliphatic carbocycles. The van der Waals surface area contributed by atoms with Gasteiger partial charge in [0.2, 0.25) is 11.8 Å². The molecule has 31 heavy (non-hydrogen) atoms. The van der Waals surface area contributed by atoms with Gasteiger partial charge in [0.25, 0.3) is 0 Å². The first-order valence-corrected chi connectivity index (χ1v) is 10.7. The van der Waals surface area contributed by atoms with Crippen LogP contribution in [0.4, 0.5) is 0 Å². The molecule has 2 amide bonds. The second kappa shape index (κ2) is 10.8. The Balaban J connectivity index is 1.91. The lowest BCUT2D eigenvalue weighted by Gasteiger charge is -2.33. The summed E-state index contributed by atoms with van der Waals surface area (Å²) in [5, 5.41) is 3.65. The third-order valence-corrected chi connectivity index (χ3v) is 5.28. The summed E-state index contributed by atoms with van der Waals surface area (Å²) in [5.41, 5.74) is 2.69. The minimum Gasteiger partial charge on any atom is -0.350 e. The first-order valence-electron chi connectivity index (χ1n) is 10.4. The number of halogens is 1. The van der Waals surface area contributed by atoms with Crippen LogP contribution in [0.3, 0.4) is 0 Å². The molecule has 0 aliphatic rings. The van der Waals surface area contributed by atoms with Crippen molar-refractivity contribution >= 4 is 23.4 Å². The maximum absolute atomic E-state index is 13.4. The van der Waals surface area contributed by atoms with E-state index in [4.69, 9.17) is 11.6 Å². The molecule has 0 saturated heterocycles. The first kappa shape index (κ1) is 22.6. The van der Waals surface area contributed by atoms with Crippen LogP contribution in [0.15, 0.2) is 84.9 Å². The van der Waals surface area contributed by atoms with Crippen molar-refractivity contribution in [1.29, 1.82) is 0 Å². The monoisotopic (exact) mass is 434 g/mol. The smallest absolute Gasteiger partial charge is 0.247 e. The van der Waals surface area contributed by atoms with Crippen molar-refractivity contribution in [1.82, 2.24) is 10.2 Å². The molecule has 0 bridgehead atoms. The average molecular weight is 435 g/mol. The molecule has 0 spiro atoms. The van der Waals surface area contributed by atoms with Crippen LogP contribution < -0.4 is 5.32 Å². The molecule has 0 aliphatic heterocycles. The molecule has 4 nitrogen and oxygen atoms in total. The standard InChI is InChI=1S/C26H27ClN2O2/c1-19(2)26(31)29(18-21-9-5-3-6-10-21)24(22-11-7-4-8-12-22)25(30)28-17-20-13-15-23(27)16-14-20/h3-16,19,24H,17-18H2,1-2H3,(H,28,30)/t24-/m0/s1. The van der Waals surface area contributed by atoms with E-state index in [-0.39, 0.29) is 17.7 Å². The Morgan fingerprint density at radius 1 is 0.839 bits per heavy atom. The lowest BCUT2D eigenvalue weighted by Crippen LogP contribution is -2.44. The zero-order valence-corrected chi connectivity index (χ0v) is 18.5. The summed E-state index contributed by atoms with van der Waals surface area (Å²) in [4.78, 5) is 28.3. The second-order valence-corrected chi connectivity index (χ2v) is 8.20. The van der Waals surface area contributed by atoms with E-state index in [9.17, 15) is 9.59 Å². The third-order valence-electron chi connectivity index (χ3n) is 5.03. The lowest BCUT2D eigenvalue weighted by molar-refractivity contribution is -0.144. The van der Waals surface area contributed by atoms with Gasteiger partial charge in [-0.1, -0.05) is 98.2 Å². The number of benzene rings is 3. The normalized spacial score (nSPS) is 11.7. The van der Waals surface area contributed by atoms with Gasteiger partial charge in [0.1, 0.15) is 6.04 Å². The highest BCUT2D eigenvalue weighted by atomic mass is 35.5. The van der Waals surface area contributed by atoms with Crippen molar-refractivity contribution in [2.45, 2.75) is 33.0 Å². The number of hydrogen-bond acceptors (Lipinski definition) is 2. The van der Waals surface area contributed by atoms with Crippen LogP contribution in [0.5, 0.6) is 0 Å². The SMILES string of the molecule is CC(C)C(=O)N(Cc1ccccc1)[C@H](C(=O)NCc1ccc(Cl)cc1)c1ccccc1. The van der Waals surface area contributed by atoms with Crippen LogP contribution in [-0.4, -0.2) is 16.7 Å². The third kappa shape index (κ3) is 6.19. The highest BCUT2D eigenvalue weighted by Gasteiger charge is 2.32. The van der Waals surface area contributed by atoms with Gasteiger partial charge in [0.05, 0.1) is 0 Å². The van der Waals surface area contributed by atoms with Crippen LogP contribution in [0.1, 0.15) is 36.6 Å². The highest BCUT2D eigenvalue weighted by Crippen LogP contribution is 2.26. The molecule has 3 rings (SSSR count). The molecule has 0 aromatic heterocycles. The molecular weight excluding hydrogens is 408 g/mol. The van der Waals surface area contributed by atoms with Crippen molar-refractivity contribution in [2.75, 3.05) is 0 Å². The number of nitrogens with zero attached hydrogens (tertiary/aromatic N) is 1. The van der Waals surface area contributed by atoms with Crippen LogP contribution in [0.25, 0.3) is 0 Å². The number of amides is 2. The van der Waals surface area contributed by atoms with E-state index in [1.54, 1.807) is 17.0 Å². The molecule has 0 unspecified atom stereocenters. The van der Waals surface area contributed by atoms with E-state index in [1.807, 2.05) is 86.6 Å². The molecule has 160 valence electrons. The van der Waals surface area contributed by atoms with Crippen molar-refractivity contribution < 1.29 is 9.59 Å². The fourth-order valence-corrected chi connectivity index (χ4v) is 3.53. The number of nitrogens with one attached hydrogen (secondary N) is 1. The Labute approximate surface area is 188 Å². The van der Waals surface area contributed by atoms with E-state index >= 15 is 0 Å². The fourth-order valence-electron chi connectivity index (χ4n) is 3.40. The van der Waals surface area contributed by atoms with Crippen molar-refractivity contribution in [3.8, 4) is 0 Å². The Morgan fingerprint density at radius 2 is 1.42 bits per heavy atom. The Morgan fingerprint density at radius 3 is 2.00 bits per heavy atom. The molecule has 0 radical (unpaired) electrons. The molecule has 0 heterocycles. The van der Waals surface area contributed by atoms with Crippen LogP contribution >= 0.6 is 11.6 Å². The van der Waals surface area contributed by atoms with E-state index in [2.05, 4.69) is 5.32 Å². The Hall–Kier alpha value is -3.11. The van der Waals surface area contributed by atoms with E-state index in [0.29, 0.717) is 18.1 Å². The van der Waals surface area contributed by atoms with Crippen LogP contribution in [-0.2, 0) is 22.7 Å². The number of hydrogen-bond donors (Lipinski definition) is 1. The zero-order chi connectivity index (χ0) is 22.2. The first-order chi connectivity index (χ1) is 15.0. The summed E-state index contributed by atoms with van der Waals surface area (Å²) < 4.78 is 0. The largest absolute Gasteiger partial charge is 0.350 e. The van der Waals surface area contributed by atoms with Gasteiger partial charge >= 0.3 is 0 Å². The molecule has 1 atom stereocenters. The van der Waals surface area contributed by atoms with Crippen molar-refractivity contribution in [3.05, 3.63) is 107 Å². The average Bonchev–Trinajstić information content (AvgIpc) is 2.79. The molecule has 0 saturated carbocycles. The van der Waals surface area contributed by atoms with Gasteiger partial charge < -0.3 is 10.2 Å². The van der Waals surface area contributed by atoms with Gasteiger partial charge in [0.15, 0.2) is 0 Å². The maximum atomic E-state index is 13.4. The predicted octanol–water partition coefficient (Wildman–Crippen LogP) is 5.38. The summed E-state index contributed by atoms with van der Waals surface area (Å²) in [7, 11) is 0. The minimum absolute atomic E-state index is 0.0700. The molecule has 1 N–H and O–H groups in total. The highest BCUT2D eigenvalue weighted by molar-refractivity contribution is 6.30. The number of carbonyl (C=O) groups excluding carboxylic acids is 2. The van der Waals surface area contributed by atoms with E-state index < -0.39 is 6.04 Å². The molecule has 3 aromatic carbocycles. The van der Waals surface area contributed by atoms with Gasteiger partial charge in [-0.3, -0.25) is 9.59 Å². The minimum atomic E-state index is -0.733. The van der Waals surface area contributed by atoms with Crippen molar-refractivity contribution in [2.24, 2.45) is 5.92 Å². The maximum Gasteiger partial charge on any atom is 0.247 e. The van der Waals surface area contributed by atoms with Gasteiger partial charge in [0, 0.05) is 24.0 Å². The second-order valence-electron chi connectivity index (χ2n) is 7.76. The molecule has 0 fully saturated rings. The summed E-state index contributed by atoms with van der Waals surface area (Å²) in [6, 6.07) is 25.8. The fraction of sp³-hybridized carbons (Fsp3) is 0.231. The van der Waals surface area contributed by atoms with Gasteiger partial charge in [-0.15, -0.1) is 0 Å². The quantitative estimate of drug-likeness (QED) is 0.517. The van der Waals surface area contributed by atoms with E-state index in [0.717, 1.165) is 16.7 Å². The van der Waals surface area contributed by atoms with Crippen LogP contribution in [0.2, 0.25) is 5.02 Å². The number of carbonyl (C=O) groups is 2. The van der Waals surface area contributed by atoms with Gasteiger partial charge in [-0.2, -0.15) is 0 Å². The molecule has 5 heteroatoms. The van der Waals surface area contributed by atoms with Crippen molar-refractivity contribution in [3.63, 3.8) is 0 Å². The Kier molecular flexibility index (Phi) is 7.85.